The number of halogens is 1. The molecule has 0 aliphatic heterocycles. The lowest BCUT2D eigenvalue weighted by Gasteiger charge is -2.40. The molecule has 0 aromatic heterocycles. The van der Waals surface area contributed by atoms with Crippen molar-refractivity contribution in [2.24, 2.45) is 5.92 Å². The molecule has 1 aliphatic carbocycles. The number of para-hydroxylation sites is 1. The van der Waals surface area contributed by atoms with Gasteiger partial charge in [0.2, 0.25) is 0 Å². The van der Waals surface area contributed by atoms with Gasteiger partial charge in [-0.1, -0.05) is 31.9 Å². The van der Waals surface area contributed by atoms with Gasteiger partial charge in [0.1, 0.15) is 0 Å². The Morgan fingerprint density at radius 1 is 1.40 bits per heavy atom. The summed E-state index contributed by atoms with van der Waals surface area (Å²) < 4.78 is 23.8. The molecule has 0 spiro atoms. The van der Waals surface area contributed by atoms with E-state index in [1.807, 2.05) is 12.1 Å². The molecule has 20 heavy (non-hydrogen) atoms. The fourth-order valence-electron chi connectivity index (χ4n) is 3.11. The summed E-state index contributed by atoms with van der Waals surface area (Å²) in [5.41, 5.74) is 0.477. The van der Waals surface area contributed by atoms with E-state index < -0.39 is 9.84 Å². The normalized spacial score (nSPS) is 27.2. The van der Waals surface area contributed by atoms with Crippen LogP contribution in [0.5, 0.6) is 0 Å². The maximum atomic E-state index is 11.9. The van der Waals surface area contributed by atoms with E-state index in [0.29, 0.717) is 22.4 Å². The van der Waals surface area contributed by atoms with Gasteiger partial charge in [-0.05, 0) is 30.9 Å². The van der Waals surface area contributed by atoms with E-state index in [2.05, 4.69) is 12.2 Å². The van der Waals surface area contributed by atoms with Crippen LogP contribution in [0, 0.1) is 5.92 Å². The van der Waals surface area contributed by atoms with E-state index in [1.165, 1.54) is 12.7 Å². The molecule has 2 atom stereocenters. The number of sulfone groups is 1. The first-order valence-electron chi connectivity index (χ1n) is 6.99. The van der Waals surface area contributed by atoms with E-state index >= 15 is 0 Å². The van der Waals surface area contributed by atoms with Gasteiger partial charge < -0.3 is 5.32 Å². The third kappa shape index (κ3) is 3.47. The van der Waals surface area contributed by atoms with Crippen molar-refractivity contribution in [3.05, 3.63) is 24.3 Å². The first-order chi connectivity index (χ1) is 9.36. The number of anilines is 1. The van der Waals surface area contributed by atoms with E-state index in [9.17, 15) is 8.42 Å². The molecule has 0 saturated heterocycles. The molecule has 2 unspecified atom stereocenters. The Hall–Kier alpha value is -0.740. The lowest BCUT2D eigenvalue weighted by molar-refractivity contribution is 0.279. The summed E-state index contributed by atoms with van der Waals surface area (Å²) in [6.07, 6.45) is 5.55. The van der Waals surface area contributed by atoms with Crippen molar-refractivity contribution in [2.75, 3.05) is 17.5 Å². The molecule has 1 fully saturated rings. The van der Waals surface area contributed by atoms with Gasteiger partial charge in [0.15, 0.2) is 9.84 Å². The summed E-state index contributed by atoms with van der Waals surface area (Å²) in [5, 5.41) is 3.44. The van der Waals surface area contributed by atoms with Crippen LogP contribution in [0.4, 0.5) is 5.69 Å². The molecule has 0 amide bonds. The number of nitrogens with one attached hydrogen (secondary N) is 1. The average Bonchev–Trinajstić information content (AvgIpc) is 2.38. The zero-order valence-electron chi connectivity index (χ0n) is 12.0. The Labute approximate surface area is 126 Å². The Kier molecular flexibility index (Phi) is 4.65. The molecule has 112 valence electrons. The Bertz CT molecular complexity index is 573. The second-order valence-electron chi connectivity index (χ2n) is 6.01. The average molecular weight is 316 g/mol. The molecule has 5 heteroatoms. The Balaban J connectivity index is 2.33. The maximum absolute atomic E-state index is 11.9. The predicted octanol–water partition coefficient (Wildman–Crippen LogP) is 3.69. The number of rotatable bonds is 4. The minimum Gasteiger partial charge on any atom is -0.377 e. The van der Waals surface area contributed by atoms with Crippen LogP contribution in [0.1, 0.15) is 32.6 Å². The summed E-state index contributed by atoms with van der Waals surface area (Å²) in [4.78, 5) is 0.350. The van der Waals surface area contributed by atoms with Gasteiger partial charge in [0.05, 0.1) is 16.1 Å². The molecule has 0 radical (unpaired) electrons. The van der Waals surface area contributed by atoms with Crippen molar-refractivity contribution in [2.45, 2.75) is 43.0 Å². The zero-order chi connectivity index (χ0) is 14.8. The molecule has 1 saturated carbocycles. The van der Waals surface area contributed by atoms with Crippen LogP contribution in [0.25, 0.3) is 0 Å². The summed E-state index contributed by atoms with van der Waals surface area (Å²) in [6, 6.07) is 7.07. The zero-order valence-corrected chi connectivity index (χ0v) is 13.6. The van der Waals surface area contributed by atoms with Crippen molar-refractivity contribution in [1.29, 1.82) is 0 Å². The van der Waals surface area contributed by atoms with Gasteiger partial charge >= 0.3 is 0 Å². The lowest BCUT2D eigenvalue weighted by atomic mass is 9.77. The van der Waals surface area contributed by atoms with Crippen molar-refractivity contribution in [3.63, 3.8) is 0 Å². The summed E-state index contributed by atoms with van der Waals surface area (Å²) in [6.45, 7) is 2.23. The Morgan fingerprint density at radius 3 is 2.70 bits per heavy atom. The first kappa shape index (κ1) is 15.6. The molecular formula is C15H22ClNO2S. The van der Waals surface area contributed by atoms with Gasteiger partial charge in [-0.3, -0.25) is 0 Å². The highest BCUT2D eigenvalue weighted by Crippen LogP contribution is 2.37. The molecule has 1 aliphatic rings. The number of benzene rings is 1. The molecule has 1 aromatic rings. The molecular weight excluding hydrogens is 294 g/mol. The number of alkyl halides is 1. The largest absolute Gasteiger partial charge is 0.377 e. The van der Waals surface area contributed by atoms with Gasteiger partial charge in [-0.2, -0.15) is 0 Å². The van der Waals surface area contributed by atoms with Crippen LogP contribution < -0.4 is 5.32 Å². The number of hydrogen-bond donors (Lipinski definition) is 1. The molecule has 0 bridgehead atoms. The van der Waals surface area contributed by atoms with Crippen molar-refractivity contribution in [3.8, 4) is 0 Å². The fraction of sp³-hybridized carbons (Fsp3) is 0.600. The van der Waals surface area contributed by atoms with Crippen LogP contribution in [-0.2, 0) is 9.84 Å². The van der Waals surface area contributed by atoms with E-state index in [1.54, 1.807) is 12.1 Å². The molecule has 0 heterocycles. The molecule has 1 aromatic carbocycles. The van der Waals surface area contributed by atoms with Crippen LogP contribution in [-0.4, -0.2) is 26.1 Å². The van der Waals surface area contributed by atoms with Crippen LogP contribution >= 0.6 is 11.6 Å². The van der Waals surface area contributed by atoms with Crippen LogP contribution in [0.3, 0.4) is 0 Å². The third-order valence-electron chi connectivity index (χ3n) is 4.03. The van der Waals surface area contributed by atoms with Gasteiger partial charge in [-0.25, -0.2) is 8.42 Å². The minimum absolute atomic E-state index is 0.194. The summed E-state index contributed by atoms with van der Waals surface area (Å²) in [7, 11) is -3.24. The Morgan fingerprint density at radius 2 is 2.10 bits per heavy atom. The maximum Gasteiger partial charge on any atom is 0.177 e. The smallest absolute Gasteiger partial charge is 0.177 e. The summed E-state index contributed by atoms with van der Waals surface area (Å²) >= 11 is 6.21. The van der Waals surface area contributed by atoms with E-state index in [4.69, 9.17) is 11.6 Å². The predicted molar refractivity (Wildman–Crippen MR) is 84.3 cm³/mol. The molecule has 3 nitrogen and oxygen atoms in total. The van der Waals surface area contributed by atoms with Crippen LogP contribution in [0.15, 0.2) is 29.2 Å². The highest BCUT2D eigenvalue weighted by molar-refractivity contribution is 7.90. The highest BCUT2D eigenvalue weighted by atomic mass is 35.5. The molecule has 1 N–H and O–H groups in total. The van der Waals surface area contributed by atoms with E-state index in [-0.39, 0.29) is 5.54 Å². The van der Waals surface area contributed by atoms with Gasteiger partial charge in [0.25, 0.3) is 0 Å². The fourth-order valence-corrected chi connectivity index (χ4v) is 4.26. The molecule has 2 rings (SSSR count). The number of hydrogen-bond acceptors (Lipinski definition) is 3. The van der Waals surface area contributed by atoms with E-state index in [0.717, 1.165) is 19.3 Å². The summed E-state index contributed by atoms with van der Waals surface area (Å²) in [5.74, 6) is 1.11. The second kappa shape index (κ2) is 5.94. The minimum atomic E-state index is -3.24. The standard InChI is InChI=1S/C15H22ClNO2S/c1-12-6-5-9-15(10-12,11-16)17-13-7-3-4-8-14(13)20(2,18)19/h3-4,7-8,12,17H,5-6,9-11H2,1-2H3. The third-order valence-corrected chi connectivity index (χ3v) is 5.70. The quantitative estimate of drug-likeness (QED) is 0.862. The van der Waals surface area contributed by atoms with Crippen molar-refractivity contribution < 1.29 is 8.42 Å². The van der Waals surface area contributed by atoms with Gasteiger partial charge in [0, 0.05) is 12.1 Å². The van der Waals surface area contributed by atoms with Crippen LogP contribution in [0.2, 0.25) is 0 Å². The SMILES string of the molecule is CC1CCCC(CCl)(Nc2ccccc2S(C)(=O)=O)C1. The monoisotopic (exact) mass is 315 g/mol. The highest BCUT2D eigenvalue weighted by Gasteiger charge is 2.35. The second-order valence-corrected chi connectivity index (χ2v) is 8.26. The topological polar surface area (TPSA) is 46.2 Å². The van der Waals surface area contributed by atoms with Crippen molar-refractivity contribution >= 4 is 27.1 Å². The van der Waals surface area contributed by atoms with Crippen molar-refractivity contribution in [1.82, 2.24) is 0 Å². The van der Waals surface area contributed by atoms with Gasteiger partial charge in [-0.15, -0.1) is 11.6 Å². The first-order valence-corrected chi connectivity index (χ1v) is 9.42. The lowest BCUT2D eigenvalue weighted by Crippen LogP contribution is -2.44.